The van der Waals surface area contributed by atoms with Gasteiger partial charge in [-0.05, 0) is 24.6 Å². The number of aryl methyl sites for hydroxylation is 1. The van der Waals surface area contributed by atoms with Crippen LogP contribution in [0.3, 0.4) is 0 Å². The SMILES string of the molecule is Cc1ccc2nc(C(N)CO)sc2c1. The van der Waals surface area contributed by atoms with Gasteiger partial charge in [-0.25, -0.2) is 4.98 Å². The Morgan fingerprint density at radius 1 is 1.57 bits per heavy atom. The maximum Gasteiger partial charge on any atom is 0.113 e. The highest BCUT2D eigenvalue weighted by molar-refractivity contribution is 7.18. The summed E-state index contributed by atoms with van der Waals surface area (Å²) < 4.78 is 1.13. The van der Waals surface area contributed by atoms with Crippen LogP contribution < -0.4 is 5.73 Å². The second-order valence-electron chi connectivity index (χ2n) is 3.31. The number of aromatic nitrogens is 1. The van der Waals surface area contributed by atoms with E-state index in [1.54, 1.807) is 11.3 Å². The van der Waals surface area contributed by atoms with E-state index in [0.717, 1.165) is 15.2 Å². The Kier molecular flexibility index (Phi) is 2.50. The van der Waals surface area contributed by atoms with Crippen LogP contribution in [-0.2, 0) is 0 Å². The first kappa shape index (κ1) is 9.58. The number of aliphatic hydroxyl groups excluding tert-OH is 1. The molecule has 0 aliphatic carbocycles. The Hall–Kier alpha value is -0.970. The molecule has 3 nitrogen and oxygen atoms in total. The van der Waals surface area contributed by atoms with Crippen molar-refractivity contribution in [3.63, 3.8) is 0 Å². The molecule has 0 aliphatic heterocycles. The molecular formula is C10H12N2OS. The average molecular weight is 208 g/mol. The van der Waals surface area contributed by atoms with Crippen LogP contribution >= 0.6 is 11.3 Å². The summed E-state index contributed by atoms with van der Waals surface area (Å²) in [6, 6.07) is 5.73. The molecule has 14 heavy (non-hydrogen) atoms. The normalized spacial score (nSPS) is 13.4. The van der Waals surface area contributed by atoms with Gasteiger partial charge in [0.1, 0.15) is 5.01 Å². The van der Waals surface area contributed by atoms with Crippen LogP contribution in [0.25, 0.3) is 10.2 Å². The zero-order chi connectivity index (χ0) is 10.1. The number of hydrogen-bond acceptors (Lipinski definition) is 4. The van der Waals surface area contributed by atoms with E-state index in [-0.39, 0.29) is 12.6 Å². The monoisotopic (exact) mass is 208 g/mol. The van der Waals surface area contributed by atoms with Gasteiger partial charge in [-0.1, -0.05) is 6.07 Å². The molecule has 2 rings (SSSR count). The van der Waals surface area contributed by atoms with Crippen LogP contribution in [0.15, 0.2) is 18.2 Å². The van der Waals surface area contributed by atoms with Crippen LogP contribution in [0.2, 0.25) is 0 Å². The topological polar surface area (TPSA) is 59.1 Å². The molecule has 3 N–H and O–H groups in total. The van der Waals surface area contributed by atoms with Gasteiger partial charge in [0, 0.05) is 0 Å². The van der Waals surface area contributed by atoms with Gasteiger partial charge in [-0.2, -0.15) is 0 Å². The first-order chi connectivity index (χ1) is 6.70. The van der Waals surface area contributed by atoms with E-state index >= 15 is 0 Å². The zero-order valence-electron chi connectivity index (χ0n) is 7.90. The van der Waals surface area contributed by atoms with E-state index in [2.05, 4.69) is 11.1 Å². The van der Waals surface area contributed by atoms with Crippen molar-refractivity contribution < 1.29 is 5.11 Å². The zero-order valence-corrected chi connectivity index (χ0v) is 8.71. The third kappa shape index (κ3) is 1.64. The molecule has 1 atom stereocenters. The summed E-state index contributed by atoms with van der Waals surface area (Å²) in [6.45, 7) is 1.99. The summed E-state index contributed by atoms with van der Waals surface area (Å²) in [5.74, 6) is 0. The van der Waals surface area contributed by atoms with Crippen LogP contribution in [0, 0.1) is 6.92 Å². The van der Waals surface area contributed by atoms with Gasteiger partial charge >= 0.3 is 0 Å². The van der Waals surface area contributed by atoms with Crippen LogP contribution in [-0.4, -0.2) is 16.7 Å². The Labute approximate surface area is 86.2 Å². The summed E-state index contributed by atoms with van der Waals surface area (Å²) in [6.07, 6.45) is 0. The fourth-order valence-electron chi connectivity index (χ4n) is 1.29. The second-order valence-corrected chi connectivity index (χ2v) is 4.37. The lowest BCUT2D eigenvalue weighted by molar-refractivity contribution is 0.268. The van der Waals surface area contributed by atoms with Crippen molar-refractivity contribution in [2.75, 3.05) is 6.61 Å². The molecule has 0 saturated carbocycles. The number of nitrogens with two attached hydrogens (primary N) is 1. The van der Waals surface area contributed by atoms with Crippen molar-refractivity contribution in [3.8, 4) is 0 Å². The van der Waals surface area contributed by atoms with Gasteiger partial charge in [0.25, 0.3) is 0 Å². The van der Waals surface area contributed by atoms with Crippen molar-refractivity contribution >= 4 is 21.6 Å². The van der Waals surface area contributed by atoms with Gasteiger partial charge in [-0.15, -0.1) is 11.3 Å². The Balaban J connectivity index is 2.51. The van der Waals surface area contributed by atoms with Gasteiger partial charge in [0.05, 0.1) is 22.9 Å². The van der Waals surface area contributed by atoms with E-state index in [9.17, 15) is 0 Å². The Morgan fingerprint density at radius 3 is 3.07 bits per heavy atom. The summed E-state index contributed by atoms with van der Waals surface area (Å²) in [7, 11) is 0. The minimum atomic E-state index is -0.354. The van der Waals surface area contributed by atoms with Crippen LogP contribution in [0.1, 0.15) is 16.6 Å². The number of benzene rings is 1. The quantitative estimate of drug-likeness (QED) is 0.788. The third-order valence-corrected chi connectivity index (χ3v) is 3.22. The van der Waals surface area contributed by atoms with Crippen molar-refractivity contribution in [2.24, 2.45) is 5.73 Å². The number of fused-ring (bicyclic) bond motifs is 1. The molecule has 0 bridgehead atoms. The number of nitrogens with zero attached hydrogens (tertiary/aromatic N) is 1. The molecule has 0 radical (unpaired) electrons. The van der Waals surface area contributed by atoms with Crippen molar-refractivity contribution in [1.82, 2.24) is 4.98 Å². The molecule has 1 aromatic carbocycles. The first-order valence-electron chi connectivity index (χ1n) is 4.44. The molecule has 74 valence electrons. The van der Waals surface area contributed by atoms with E-state index in [1.807, 2.05) is 19.1 Å². The fraction of sp³-hybridized carbons (Fsp3) is 0.300. The molecule has 1 heterocycles. The lowest BCUT2D eigenvalue weighted by Crippen LogP contribution is -2.13. The molecule has 4 heteroatoms. The number of thiazole rings is 1. The van der Waals surface area contributed by atoms with Crippen LogP contribution in [0.5, 0.6) is 0 Å². The highest BCUT2D eigenvalue weighted by atomic mass is 32.1. The maximum absolute atomic E-state index is 8.91. The molecule has 0 fully saturated rings. The Morgan fingerprint density at radius 2 is 2.36 bits per heavy atom. The predicted molar refractivity (Wildman–Crippen MR) is 58.4 cm³/mol. The highest BCUT2D eigenvalue weighted by Gasteiger charge is 2.10. The van der Waals surface area contributed by atoms with Crippen LogP contribution in [0.4, 0.5) is 0 Å². The molecular weight excluding hydrogens is 196 g/mol. The predicted octanol–water partition coefficient (Wildman–Crippen LogP) is 1.60. The van der Waals surface area contributed by atoms with Crippen molar-refractivity contribution in [2.45, 2.75) is 13.0 Å². The Bertz CT molecular complexity index is 452. The minimum Gasteiger partial charge on any atom is -0.394 e. The summed E-state index contributed by atoms with van der Waals surface area (Å²) in [5.41, 5.74) is 7.87. The lowest BCUT2D eigenvalue weighted by Gasteiger charge is -2.00. The summed E-state index contributed by atoms with van der Waals surface area (Å²) >= 11 is 1.55. The molecule has 1 unspecified atom stereocenters. The lowest BCUT2D eigenvalue weighted by atomic mass is 10.2. The number of rotatable bonds is 2. The molecule has 0 saturated heterocycles. The maximum atomic E-state index is 8.91. The van der Waals surface area contributed by atoms with Gasteiger partial charge < -0.3 is 10.8 Å². The molecule has 0 aliphatic rings. The highest BCUT2D eigenvalue weighted by Crippen LogP contribution is 2.25. The standard InChI is InChI=1S/C10H12N2OS/c1-6-2-3-8-9(4-6)14-10(12-8)7(11)5-13/h2-4,7,13H,5,11H2,1H3. The van der Waals surface area contributed by atoms with E-state index in [1.165, 1.54) is 5.56 Å². The van der Waals surface area contributed by atoms with E-state index in [4.69, 9.17) is 10.8 Å². The second kappa shape index (κ2) is 3.65. The summed E-state index contributed by atoms with van der Waals surface area (Å²) in [4.78, 5) is 4.36. The molecule has 0 spiro atoms. The van der Waals surface area contributed by atoms with Gasteiger partial charge in [-0.3, -0.25) is 0 Å². The van der Waals surface area contributed by atoms with Gasteiger partial charge in [0.15, 0.2) is 0 Å². The number of aliphatic hydroxyl groups is 1. The molecule has 0 amide bonds. The van der Waals surface area contributed by atoms with Crippen molar-refractivity contribution in [3.05, 3.63) is 28.8 Å². The third-order valence-electron chi connectivity index (χ3n) is 2.07. The van der Waals surface area contributed by atoms with E-state index < -0.39 is 0 Å². The first-order valence-corrected chi connectivity index (χ1v) is 5.26. The smallest absolute Gasteiger partial charge is 0.113 e. The summed E-state index contributed by atoms with van der Waals surface area (Å²) in [5, 5.41) is 9.71. The fourth-order valence-corrected chi connectivity index (χ4v) is 2.34. The van der Waals surface area contributed by atoms with Crippen molar-refractivity contribution in [1.29, 1.82) is 0 Å². The van der Waals surface area contributed by atoms with E-state index in [0.29, 0.717) is 0 Å². The molecule has 1 aromatic heterocycles. The average Bonchev–Trinajstić information content (AvgIpc) is 2.59. The molecule has 2 aromatic rings. The van der Waals surface area contributed by atoms with Gasteiger partial charge in [0.2, 0.25) is 0 Å². The minimum absolute atomic E-state index is 0.0567. The number of hydrogen-bond donors (Lipinski definition) is 2. The largest absolute Gasteiger partial charge is 0.394 e.